The van der Waals surface area contributed by atoms with Crippen molar-refractivity contribution >= 4 is 22.8 Å². The van der Waals surface area contributed by atoms with Gasteiger partial charge in [0.05, 0.1) is 17.2 Å². The van der Waals surface area contributed by atoms with Crippen LogP contribution in [-0.4, -0.2) is 37.5 Å². The predicted octanol–water partition coefficient (Wildman–Crippen LogP) is 1.74. The van der Waals surface area contributed by atoms with Gasteiger partial charge in [0.2, 0.25) is 5.91 Å². The number of hydrogen-bond acceptors (Lipinski definition) is 4. The van der Waals surface area contributed by atoms with E-state index in [2.05, 4.69) is 4.98 Å². The normalized spacial score (nSPS) is 16.0. The van der Waals surface area contributed by atoms with Crippen molar-refractivity contribution < 1.29 is 14.7 Å². The fraction of sp³-hybridized carbons (Fsp3) is 0.238. The van der Waals surface area contributed by atoms with Gasteiger partial charge >= 0.3 is 5.97 Å². The predicted molar refractivity (Wildman–Crippen MR) is 103 cm³/mol. The number of carboxylic acids is 1. The molecule has 0 saturated carbocycles. The highest BCUT2D eigenvalue weighted by Crippen LogP contribution is 2.24. The Kier molecular flexibility index (Phi) is 4.43. The Hall–Kier alpha value is -3.48. The van der Waals surface area contributed by atoms with Gasteiger partial charge in [-0.25, -0.2) is 9.78 Å². The lowest BCUT2D eigenvalue weighted by Crippen LogP contribution is -2.50. The Morgan fingerprint density at radius 2 is 1.89 bits per heavy atom. The highest BCUT2D eigenvalue weighted by Gasteiger charge is 2.34. The number of nitrogens with zero attached hydrogens (tertiary/aromatic N) is 3. The minimum atomic E-state index is -1.05. The molecule has 3 aromatic rings. The van der Waals surface area contributed by atoms with Crippen molar-refractivity contribution in [2.75, 3.05) is 0 Å². The zero-order chi connectivity index (χ0) is 19.8. The summed E-state index contributed by atoms with van der Waals surface area (Å²) >= 11 is 0. The smallest absolute Gasteiger partial charge is 0.326 e. The van der Waals surface area contributed by atoms with Gasteiger partial charge in [0.15, 0.2) is 0 Å². The number of para-hydroxylation sites is 1. The van der Waals surface area contributed by atoms with E-state index in [9.17, 15) is 19.5 Å². The second-order valence-corrected chi connectivity index (χ2v) is 7.00. The Labute approximate surface area is 160 Å². The largest absolute Gasteiger partial charge is 0.480 e. The molecule has 1 unspecified atom stereocenters. The van der Waals surface area contributed by atoms with Crippen LogP contribution in [0, 0.1) is 6.92 Å². The number of carbonyl (C=O) groups is 2. The number of amides is 1. The van der Waals surface area contributed by atoms with Gasteiger partial charge in [-0.15, -0.1) is 0 Å². The van der Waals surface area contributed by atoms with E-state index in [1.54, 1.807) is 12.1 Å². The van der Waals surface area contributed by atoms with Crippen LogP contribution >= 0.6 is 0 Å². The Morgan fingerprint density at radius 3 is 2.64 bits per heavy atom. The van der Waals surface area contributed by atoms with E-state index in [1.165, 1.54) is 15.8 Å². The van der Waals surface area contributed by atoms with Crippen molar-refractivity contribution in [3.8, 4) is 0 Å². The molecule has 2 heterocycles. The molecular weight excluding hydrogens is 358 g/mol. The molecule has 2 aromatic carbocycles. The average molecular weight is 377 g/mol. The number of aliphatic carboxylic acids is 1. The maximum Gasteiger partial charge on any atom is 0.326 e. The molecule has 0 spiro atoms. The summed E-state index contributed by atoms with van der Waals surface area (Å²) in [6.07, 6.45) is 1.60. The lowest BCUT2D eigenvalue weighted by molar-refractivity contribution is -0.151. The second kappa shape index (κ2) is 6.92. The number of hydrogen-bond donors (Lipinski definition) is 1. The number of carbonyl (C=O) groups excluding carboxylic acids is 1. The zero-order valence-electron chi connectivity index (χ0n) is 15.3. The third-order valence-corrected chi connectivity index (χ3v) is 5.21. The molecule has 7 nitrogen and oxygen atoms in total. The molecule has 0 fully saturated rings. The molecule has 4 rings (SSSR count). The van der Waals surface area contributed by atoms with Crippen LogP contribution in [0.1, 0.15) is 16.7 Å². The van der Waals surface area contributed by atoms with Gasteiger partial charge in [0, 0.05) is 13.0 Å². The van der Waals surface area contributed by atoms with Gasteiger partial charge in [-0.05, 0) is 29.7 Å². The second-order valence-electron chi connectivity index (χ2n) is 7.00. The summed E-state index contributed by atoms with van der Waals surface area (Å²) in [5, 5.41) is 10.0. The van der Waals surface area contributed by atoms with Crippen LogP contribution in [0.4, 0.5) is 0 Å². The molecular formula is C21H19N3O4. The minimum Gasteiger partial charge on any atom is -0.480 e. The maximum atomic E-state index is 12.9. The first-order valence-electron chi connectivity index (χ1n) is 8.99. The molecule has 7 heteroatoms. The third kappa shape index (κ3) is 3.05. The number of rotatable bonds is 3. The van der Waals surface area contributed by atoms with E-state index in [4.69, 9.17) is 0 Å². The molecule has 1 aliphatic rings. The van der Waals surface area contributed by atoms with E-state index in [-0.39, 0.29) is 25.1 Å². The van der Waals surface area contributed by atoms with Gasteiger partial charge in [0.25, 0.3) is 5.56 Å². The van der Waals surface area contributed by atoms with Gasteiger partial charge in [-0.2, -0.15) is 0 Å². The fourth-order valence-corrected chi connectivity index (χ4v) is 3.69. The molecule has 1 aliphatic heterocycles. The number of fused-ring (bicyclic) bond motifs is 2. The fourth-order valence-electron chi connectivity index (χ4n) is 3.69. The number of aryl methyl sites for hydroxylation is 1. The van der Waals surface area contributed by atoms with Crippen LogP contribution in [-0.2, 0) is 29.1 Å². The first-order valence-corrected chi connectivity index (χ1v) is 8.99. The highest BCUT2D eigenvalue weighted by molar-refractivity contribution is 5.85. The van der Waals surface area contributed by atoms with Gasteiger partial charge in [-0.3, -0.25) is 14.2 Å². The van der Waals surface area contributed by atoms with Crippen molar-refractivity contribution in [2.45, 2.75) is 32.5 Å². The van der Waals surface area contributed by atoms with E-state index in [1.807, 2.05) is 37.3 Å². The van der Waals surface area contributed by atoms with Crippen molar-refractivity contribution in [2.24, 2.45) is 0 Å². The summed E-state index contributed by atoms with van der Waals surface area (Å²) in [6.45, 7) is 1.83. The summed E-state index contributed by atoms with van der Waals surface area (Å²) in [5.74, 6) is -1.47. The summed E-state index contributed by atoms with van der Waals surface area (Å²) in [5.41, 5.74) is 3.02. The lowest BCUT2D eigenvalue weighted by Gasteiger charge is -2.34. The standard InChI is InChI=1S/C21H19N3O4/c1-13-5-4-8-16-19(13)22-12-23(20(16)26)11-18(25)24-10-15-7-3-2-6-14(15)9-17(24)21(27)28/h2-8,12,17H,9-11H2,1H3,(H,27,28). The number of aromatic nitrogens is 2. The summed E-state index contributed by atoms with van der Waals surface area (Å²) < 4.78 is 1.24. The molecule has 0 saturated heterocycles. The van der Waals surface area contributed by atoms with Crippen molar-refractivity contribution in [1.82, 2.24) is 14.5 Å². The molecule has 1 amide bonds. The first kappa shape index (κ1) is 17.9. The van der Waals surface area contributed by atoms with Crippen LogP contribution in [0.15, 0.2) is 53.6 Å². The van der Waals surface area contributed by atoms with Crippen LogP contribution in [0.2, 0.25) is 0 Å². The van der Waals surface area contributed by atoms with Crippen molar-refractivity contribution in [1.29, 1.82) is 0 Å². The van der Waals surface area contributed by atoms with Gasteiger partial charge in [0.1, 0.15) is 12.6 Å². The highest BCUT2D eigenvalue weighted by atomic mass is 16.4. The van der Waals surface area contributed by atoms with E-state index in [0.29, 0.717) is 10.9 Å². The van der Waals surface area contributed by atoms with Crippen LogP contribution in [0.5, 0.6) is 0 Å². The third-order valence-electron chi connectivity index (χ3n) is 5.21. The monoisotopic (exact) mass is 377 g/mol. The molecule has 0 aliphatic carbocycles. The van der Waals surface area contributed by atoms with E-state index < -0.39 is 17.9 Å². The van der Waals surface area contributed by atoms with Crippen molar-refractivity contribution in [3.05, 3.63) is 75.8 Å². The summed E-state index contributed by atoms with van der Waals surface area (Å²) in [7, 11) is 0. The SMILES string of the molecule is Cc1cccc2c(=O)n(CC(=O)N3Cc4ccccc4CC3C(=O)O)cnc12. The molecule has 28 heavy (non-hydrogen) atoms. The van der Waals surface area contributed by atoms with Crippen molar-refractivity contribution in [3.63, 3.8) is 0 Å². The van der Waals surface area contributed by atoms with Crippen LogP contribution < -0.4 is 5.56 Å². The first-order chi connectivity index (χ1) is 13.5. The molecule has 142 valence electrons. The molecule has 1 aromatic heterocycles. The summed E-state index contributed by atoms with van der Waals surface area (Å²) in [6, 6.07) is 11.9. The number of carboxylic acid groups (broad SMARTS) is 1. The van der Waals surface area contributed by atoms with Crippen LogP contribution in [0.25, 0.3) is 10.9 Å². The lowest BCUT2D eigenvalue weighted by atomic mass is 9.94. The Morgan fingerprint density at radius 1 is 1.14 bits per heavy atom. The quantitative estimate of drug-likeness (QED) is 0.751. The summed E-state index contributed by atoms with van der Waals surface area (Å²) in [4.78, 5) is 43.0. The van der Waals surface area contributed by atoms with Gasteiger partial charge < -0.3 is 10.0 Å². The Bertz CT molecular complexity index is 1150. The number of benzene rings is 2. The molecule has 1 atom stereocenters. The van der Waals surface area contributed by atoms with E-state index in [0.717, 1.165) is 16.7 Å². The zero-order valence-corrected chi connectivity index (χ0v) is 15.3. The molecule has 1 N–H and O–H groups in total. The van der Waals surface area contributed by atoms with Crippen LogP contribution in [0.3, 0.4) is 0 Å². The van der Waals surface area contributed by atoms with E-state index >= 15 is 0 Å². The van der Waals surface area contributed by atoms with Gasteiger partial charge in [-0.1, -0.05) is 36.4 Å². The maximum absolute atomic E-state index is 12.9. The average Bonchev–Trinajstić information content (AvgIpc) is 2.69. The topological polar surface area (TPSA) is 92.5 Å². The minimum absolute atomic E-state index is 0.209. The molecule has 0 radical (unpaired) electrons. The Balaban J connectivity index is 1.66. The molecule has 0 bridgehead atoms.